The summed E-state index contributed by atoms with van der Waals surface area (Å²) in [5, 5.41) is 5.35. The fourth-order valence-corrected chi connectivity index (χ4v) is 3.30. The second-order valence-corrected chi connectivity index (χ2v) is 7.48. The summed E-state index contributed by atoms with van der Waals surface area (Å²) in [4.78, 5) is 11.6. The third kappa shape index (κ3) is 6.12. The Balaban J connectivity index is 1.99. The van der Waals surface area contributed by atoms with Gasteiger partial charge < -0.3 is 10.6 Å². The molecule has 26 heavy (non-hydrogen) atoms. The second-order valence-electron chi connectivity index (χ2n) is 5.71. The smallest absolute Gasteiger partial charge is 0.315 e. The zero-order valence-electron chi connectivity index (χ0n) is 14.5. The van der Waals surface area contributed by atoms with Gasteiger partial charge in [0.05, 0.1) is 4.90 Å². The van der Waals surface area contributed by atoms with Crippen molar-refractivity contribution in [2.75, 3.05) is 6.54 Å². The van der Waals surface area contributed by atoms with Gasteiger partial charge in [-0.1, -0.05) is 31.2 Å². The Bertz CT molecular complexity index is 856. The SMILES string of the molecule is CCCNC(=O)NCc1cccc(S(=O)(=O)NCc2cccc(F)c2)c1. The predicted molar refractivity (Wildman–Crippen MR) is 97.4 cm³/mol. The topological polar surface area (TPSA) is 87.3 Å². The van der Waals surface area contributed by atoms with E-state index in [2.05, 4.69) is 15.4 Å². The Morgan fingerprint density at radius 3 is 2.38 bits per heavy atom. The average Bonchev–Trinajstić information content (AvgIpc) is 2.63. The van der Waals surface area contributed by atoms with E-state index in [1.807, 2.05) is 6.92 Å². The summed E-state index contributed by atoms with van der Waals surface area (Å²) in [5.74, 6) is -0.420. The van der Waals surface area contributed by atoms with E-state index in [0.717, 1.165) is 6.42 Å². The lowest BCUT2D eigenvalue weighted by Crippen LogP contribution is -2.35. The van der Waals surface area contributed by atoms with Crippen LogP contribution in [0.1, 0.15) is 24.5 Å². The van der Waals surface area contributed by atoms with Crippen molar-refractivity contribution in [2.24, 2.45) is 0 Å². The summed E-state index contributed by atoms with van der Waals surface area (Å²) in [6, 6.07) is 11.7. The van der Waals surface area contributed by atoms with Gasteiger partial charge in [0.2, 0.25) is 10.0 Å². The summed E-state index contributed by atoms with van der Waals surface area (Å²) in [7, 11) is -3.75. The number of sulfonamides is 1. The molecule has 140 valence electrons. The Hall–Kier alpha value is -2.45. The van der Waals surface area contributed by atoms with Crippen LogP contribution in [0.15, 0.2) is 53.4 Å². The number of urea groups is 1. The van der Waals surface area contributed by atoms with Gasteiger partial charge in [-0.25, -0.2) is 22.3 Å². The van der Waals surface area contributed by atoms with E-state index in [-0.39, 0.29) is 24.0 Å². The fourth-order valence-electron chi connectivity index (χ4n) is 2.21. The molecule has 0 aliphatic rings. The molecule has 0 fully saturated rings. The monoisotopic (exact) mass is 379 g/mol. The van der Waals surface area contributed by atoms with E-state index in [1.54, 1.807) is 18.2 Å². The number of nitrogens with one attached hydrogen (secondary N) is 3. The Morgan fingerprint density at radius 2 is 1.69 bits per heavy atom. The molecule has 8 heteroatoms. The summed E-state index contributed by atoms with van der Waals surface area (Å²) in [6.07, 6.45) is 0.831. The highest BCUT2D eigenvalue weighted by Gasteiger charge is 2.14. The van der Waals surface area contributed by atoms with E-state index in [9.17, 15) is 17.6 Å². The summed E-state index contributed by atoms with van der Waals surface area (Å²) in [5.41, 5.74) is 1.18. The van der Waals surface area contributed by atoms with Gasteiger partial charge in [-0.3, -0.25) is 0 Å². The minimum absolute atomic E-state index is 0.0119. The minimum atomic E-state index is -3.75. The molecule has 0 aliphatic carbocycles. The van der Waals surface area contributed by atoms with Crippen LogP contribution in [-0.2, 0) is 23.1 Å². The van der Waals surface area contributed by atoms with Crippen LogP contribution in [0.5, 0.6) is 0 Å². The van der Waals surface area contributed by atoms with Crippen LogP contribution in [0.3, 0.4) is 0 Å². The molecule has 0 radical (unpaired) electrons. The van der Waals surface area contributed by atoms with Gasteiger partial charge in [0.1, 0.15) is 5.82 Å². The minimum Gasteiger partial charge on any atom is -0.338 e. The third-order valence-corrected chi connectivity index (χ3v) is 4.95. The standard InChI is InChI=1S/C18H22FN3O3S/c1-2-9-20-18(23)21-12-15-6-4-8-17(11-15)26(24,25)22-13-14-5-3-7-16(19)10-14/h3-8,10-11,22H,2,9,12-13H2,1H3,(H2,20,21,23). The maximum Gasteiger partial charge on any atom is 0.315 e. The number of hydrogen-bond donors (Lipinski definition) is 3. The van der Waals surface area contributed by atoms with Gasteiger partial charge in [-0.15, -0.1) is 0 Å². The molecule has 2 amide bonds. The molecule has 0 atom stereocenters. The van der Waals surface area contributed by atoms with Gasteiger partial charge in [-0.05, 0) is 41.8 Å². The Kier molecular flexibility index (Phi) is 7.11. The van der Waals surface area contributed by atoms with Crippen molar-refractivity contribution in [2.45, 2.75) is 31.3 Å². The van der Waals surface area contributed by atoms with Crippen molar-refractivity contribution in [3.63, 3.8) is 0 Å². The lowest BCUT2D eigenvalue weighted by atomic mass is 10.2. The maximum atomic E-state index is 13.2. The number of halogens is 1. The molecule has 0 heterocycles. The van der Waals surface area contributed by atoms with Crippen LogP contribution in [0, 0.1) is 5.82 Å². The second kappa shape index (κ2) is 9.30. The molecule has 0 aromatic heterocycles. The first kappa shape index (κ1) is 19.9. The first-order valence-electron chi connectivity index (χ1n) is 8.25. The average molecular weight is 379 g/mol. The first-order chi connectivity index (χ1) is 12.4. The van der Waals surface area contributed by atoms with Crippen molar-refractivity contribution in [1.82, 2.24) is 15.4 Å². The zero-order chi connectivity index (χ0) is 19.0. The highest BCUT2D eigenvalue weighted by molar-refractivity contribution is 7.89. The summed E-state index contributed by atoms with van der Waals surface area (Å²) >= 11 is 0. The largest absolute Gasteiger partial charge is 0.338 e. The molecule has 0 aliphatic heterocycles. The highest BCUT2D eigenvalue weighted by Crippen LogP contribution is 2.12. The fraction of sp³-hybridized carbons (Fsp3) is 0.278. The lowest BCUT2D eigenvalue weighted by molar-refractivity contribution is 0.240. The molecule has 0 unspecified atom stereocenters. The molecule has 2 aromatic carbocycles. The van der Waals surface area contributed by atoms with Gasteiger partial charge in [0, 0.05) is 19.6 Å². The molecule has 2 aromatic rings. The normalized spacial score (nSPS) is 11.2. The van der Waals surface area contributed by atoms with Gasteiger partial charge in [0.25, 0.3) is 0 Å². The third-order valence-electron chi connectivity index (χ3n) is 3.55. The van der Waals surface area contributed by atoms with Crippen molar-refractivity contribution >= 4 is 16.1 Å². The van der Waals surface area contributed by atoms with E-state index < -0.39 is 15.8 Å². The van der Waals surface area contributed by atoms with E-state index in [1.165, 1.54) is 30.3 Å². The number of hydrogen-bond acceptors (Lipinski definition) is 3. The van der Waals surface area contributed by atoms with Crippen LogP contribution < -0.4 is 15.4 Å². The zero-order valence-corrected chi connectivity index (χ0v) is 15.3. The van der Waals surface area contributed by atoms with Crippen LogP contribution in [0.2, 0.25) is 0 Å². The quantitative estimate of drug-likeness (QED) is 0.659. The van der Waals surface area contributed by atoms with Crippen LogP contribution in [0.4, 0.5) is 9.18 Å². The van der Waals surface area contributed by atoms with Crippen molar-refractivity contribution in [1.29, 1.82) is 0 Å². The molecular formula is C18H22FN3O3S. The van der Waals surface area contributed by atoms with Crippen LogP contribution >= 0.6 is 0 Å². The molecule has 6 nitrogen and oxygen atoms in total. The molecule has 0 saturated carbocycles. The number of benzene rings is 2. The molecular weight excluding hydrogens is 357 g/mol. The number of carbonyl (C=O) groups is 1. The van der Waals surface area contributed by atoms with E-state index in [0.29, 0.717) is 17.7 Å². The molecule has 2 rings (SSSR count). The Labute approximate surface area is 152 Å². The maximum absolute atomic E-state index is 13.2. The summed E-state index contributed by atoms with van der Waals surface area (Å²) < 4.78 is 40.5. The number of rotatable bonds is 8. The van der Waals surface area contributed by atoms with E-state index >= 15 is 0 Å². The molecule has 0 bridgehead atoms. The van der Waals surface area contributed by atoms with Gasteiger partial charge >= 0.3 is 6.03 Å². The molecule has 0 spiro atoms. The predicted octanol–water partition coefficient (Wildman–Crippen LogP) is 2.51. The van der Waals surface area contributed by atoms with Gasteiger partial charge in [0.15, 0.2) is 0 Å². The van der Waals surface area contributed by atoms with Crippen molar-refractivity contribution in [3.8, 4) is 0 Å². The molecule has 3 N–H and O–H groups in total. The van der Waals surface area contributed by atoms with E-state index in [4.69, 9.17) is 0 Å². The Morgan fingerprint density at radius 1 is 1.00 bits per heavy atom. The van der Waals surface area contributed by atoms with Crippen LogP contribution in [-0.4, -0.2) is 21.0 Å². The number of amides is 2. The summed E-state index contributed by atoms with van der Waals surface area (Å²) in [6.45, 7) is 2.72. The van der Waals surface area contributed by atoms with Gasteiger partial charge in [-0.2, -0.15) is 0 Å². The number of carbonyl (C=O) groups excluding carboxylic acids is 1. The van der Waals surface area contributed by atoms with Crippen molar-refractivity contribution in [3.05, 3.63) is 65.5 Å². The lowest BCUT2D eigenvalue weighted by Gasteiger charge is -2.10. The highest BCUT2D eigenvalue weighted by atomic mass is 32.2. The first-order valence-corrected chi connectivity index (χ1v) is 9.74. The van der Waals surface area contributed by atoms with Crippen molar-refractivity contribution < 1.29 is 17.6 Å². The van der Waals surface area contributed by atoms with Crippen LogP contribution in [0.25, 0.3) is 0 Å². The molecule has 0 saturated heterocycles.